The first kappa shape index (κ1) is 12.7. The van der Waals surface area contributed by atoms with Crippen LogP contribution in [0.15, 0.2) is 36.4 Å². The van der Waals surface area contributed by atoms with Crippen molar-refractivity contribution in [2.24, 2.45) is 5.73 Å². The van der Waals surface area contributed by atoms with Crippen LogP contribution in [-0.4, -0.2) is 12.5 Å². The Morgan fingerprint density at radius 2 is 2.00 bits per heavy atom. The second-order valence-electron chi connectivity index (χ2n) is 4.62. The molecule has 2 aromatic rings. The molecule has 2 aromatic carbocycles. The van der Waals surface area contributed by atoms with Crippen LogP contribution in [0.25, 0.3) is 10.8 Å². The molecule has 4 heteroatoms. The fourth-order valence-corrected chi connectivity index (χ4v) is 2.73. The summed E-state index contributed by atoms with van der Waals surface area (Å²) in [6, 6.07) is 12.6. The van der Waals surface area contributed by atoms with Crippen molar-refractivity contribution in [1.82, 2.24) is 0 Å². The van der Waals surface area contributed by atoms with Gasteiger partial charge in [-0.3, -0.25) is 5.41 Å². The highest BCUT2D eigenvalue weighted by Crippen LogP contribution is 2.40. The highest BCUT2D eigenvalue weighted by molar-refractivity contribution is 6.00. The van der Waals surface area contributed by atoms with Crippen molar-refractivity contribution < 1.29 is 0 Å². The third kappa shape index (κ3) is 1.71. The smallest absolute Gasteiger partial charge is 0.192 e. The van der Waals surface area contributed by atoms with E-state index in [1.807, 2.05) is 4.90 Å². The minimum absolute atomic E-state index is 0. The van der Waals surface area contributed by atoms with Crippen molar-refractivity contribution in [2.75, 3.05) is 11.4 Å². The number of halogens is 1. The van der Waals surface area contributed by atoms with Crippen LogP contribution in [-0.2, 0) is 0 Å². The van der Waals surface area contributed by atoms with E-state index in [4.69, 9.17) is 11.1 Å². The first-order valence-electron chi connectivity index (χ1n) is 5.81. The van der Waals surface area contributed by atoms with Crippen molar-refractivity contribution in [3.63, 3.8) is 0 Å². The molecule has 0 aliphatic carbocycles. The fourth-order valence-electron chi connectivity index (χ4n) is 2.73. The van der Waals surface area contributed by atoms with Crippen LogP contribution in [0.5, 0.6) is 0 Å². The van der Waals surface area contributed by atoms with Gasteiger partial charge >= 0.3 is 0 Å². The molecule has 1 atom stereocenters. The van der Waals surface area contributed by atoms with Gasteiger partial charge in [-0.15, -0.1) is 12.4 Å². The van der Waals surface area contributed by atoms with E-state index in [9.17, 15) is 0 Å². The summed E-state index contributed by atoms with van der Waals surface area (Å²) in [6.45, 7) is 2.99. The van der Waals surface area contributed by atoms with Gasteiger partial charge in [0.05, 0.1) is 0 Å². The van der Waals surface area contributed by atoms with E-state index in [1.54, 1.807) is 0 Å². The molecule has 0 radical (unpaired) electrons. The van der Waals surface area contributed by atoms with Crippen molar-refractivity contribution in [3.05, 3.63) is 42.0 Å². The van der Waals surface area contributed by atoms with Crippen LogP contribution < -0.4 is 10.6 Å². The SMILES string of the molecule is CC1CN(C(=N)N)c2ccc3ccccc3c21.Cl. The molecule has 3 nitrogen and oxygen atoms in total. The fraction of sp³-hybridized carbons (Fsp3) is 0.214. The normalized spacial score (nSPS) is 17.4. The largest absolute Gasteiger partial charge is 0.370 e. The van der Waals surface area contributed by atoms with Crippen molar-refractivity contribution in [1.29, 1.82) is 5.41 Å². The lowest BCUT2D eigenvalue weighted by Crippen LogP contribution is -2.35. The van der Waals surface area contributed by atoms with Gasteiger partial charge in [0, 0.05) is 18.2 Å². The highest BCUT2D eigenvalue weighted by atomic mass is 35.5. The summed E-state index contributed by atoms with van der Waals surface area (Å²) in [4.78, 5) is 1.88. The Balaban J connectivity index is 0.00000120. The van der Waals surface area contributed by atoms with Crippen LogP contribution in [0.3, 0.4) is 0 Å². The predicted molar refractivity (Wildman–Crippen MR) is 78.9 cm³/mol. The van der Waals surface area contributed by atoms with Crippen molar-refractivity contribution >= 4 is 34.8 Å². The Kier molecular flexibility index (Phi) is 3.18. The van der Waals surface area contributed by atoms with Gasteiger partial charge in [-0.05, 0) is 22.4 Å². The number of hydrogen-bond acceptors (Lipinski definition) is 1. The Hall–Kier alpha value is -1.74. The van der Waals surface area contributed by atoms with Crippen molar-refractivity contribution in [3.8, 4) is 0 Å². The molecular formula is C14H16ClN3. The Labute approximate surface area is 113 Å². The molecule has 0 saturated heterocycles. The highest BCUT2D eigenvalue weighted by Gasteiger charge is 2.28. The average Bonchev–Trinajstić information content (AvgIpc) is 2.67. The quantitative estimate of drug-likeness (QED) is 0.566. The number of anilines is 1. The third-order valence-electron chi connectivity index (χ3n) is 3.48. The maximum absolute atomic E-state index is 7.62. The van der Waals surface area contributed by atoms with E-state index >= 15 is 0 Å². The molecule has 1 heterocycles. The zero-order valence-corrected chi connectivity index (χ0v) is 11.0. The molecule has 0 spiro atoms. The topological polar surface area (TPSA) is 53.1 Å². The molecule has 0 saturated carbocycles. The van der Waals surface area contributed by atoms with E-state index in [2.05, 4.69) is 43.3 Å². The molecule has 1 aliphatic heterocycles. The molecule has 0 amide bonds. The van der Waals surface area contributed by atoms with Crippen LogP contribution in [0, 0.1) is 5.41 Å². The molecule has 3 rings (SSSR count). The first-order valence-corrected chi connectivity index (χ1v) is 5.81. The maximum Gasteiger partial charge on any atom is 0.192 e. The number of nitrogens with one attached hydrogen (secondary N) is 1. The van der Waals surface area contributed by atoms with Gasteiger partial charge in [-0.2, -0.15) is 0 Å². The second kappa shape index (κ2) is 4.50. The summed E-state index contributed by atoms with van der Waals surface area (Å²) in [5, 5.41) is 10.2. The van der Waals surface area contributed by atoms with Crippen LogP contribution in [0.1, 0.15) is 18.4 Å². The number of guanidine groups is 1. The number of nitrogens with two attached hydrogens (primary N) is 1. The van der Waals surface area contributed by atoms with Crippen LogP contribution in [0.2, 0.25) is 0 Å². The molecule has 18 heavy (non-hydrogen) atoms. The van der Waals surface area contributed by atoms with Gasteiger partial charge in [0.2, 0.25) is 0 Å². The standard InChI is InChI=1S/C14H15N3.ClH/c1-9-8-17(14(15)16)12-7-6-10-4-2-3-5-11(10)13(9)12;/h2-7,9H,8H2,1H3,(H3,15,16);1H. The van der Waals surface area contributed by atoms with E-state index in [0.717, 1.165) is 12.2 Å². The Morgan fingerprint density at radius 3 is 2.72 bits per heavy atom. The molecule has 94 valence electrons. The molecule has 1 aliphatic rings. The van der Waals surface area contributed by atoms with Gasteiger partial charge in [0.15, 0.2) is 5.96 Å². The summed E-state index contributed by atoms with van der Waals surface area (Å²) in [5.41, 5.74) is 8.03. The molecule has 0 aromatic heterocycles. The zero-order valence-electron chi connectivity index (χ0n) is 10.2. The van der Waals surface area contributed by atoms with Crippen molar-refractivity contribution in [2.45, 2.75) is 12.8 Å². The summed E-state index contributed by atoms with van der Waals surface area (Å²) < 4.78 is 0. The molecule has 3 N–H and O–H groups in total. The molecular weight excluding hydrogens is 246 g/mol. The first-order chi connectivity index (χ1) is 8.18. The molecule has 0 fully saturated rings. The Morgan fingerprint density at radius 1 is 1.28 bits per heavy atom. The molecule has 0 bridgehead atoms. The average molecular weight is 262 g/mol. The minimum Gasteiger partial charge on any atom is -0.370 e. The number of rotatable bonds is 0. The summed E-state index contributed by atoms with van der Waals surface area (Å²) in [7, 11) is 0. The van der Waals surface area contributed by atoms with E-state index in [1.165, 1.54) is 16.3 Å². The van der Waals surface area contributed by atoms with Gasteiger partial charge in [-0.25, -0.2) is 0 Å². The Bertz CT molecular complexity index is 609. The lowest BCUT2D eigenvalue weighted by Gasteiger charge is -2.16. The second-order valence-corrected chi connectivity index (χ2v) is 4.62. The van der Waals surface area contributed by atoms with Crippen LogP contribution >= 0.6 is 12.4 Å². The summed E-state index contributed by atoms with van der Waals surface area (Å²) in [5.74, 6) is 0.547. The lowest BCUT2D eigenvalue weighted by molar-refractivity contribution is 0.822. The van der Waals surface area contributed by atoms with E-state index in [-0.39, 0.29) is 18.4 Å². The summed E-state index contributed by atoms with van der Waals surface area (Å²) in [6.07, 6.45) is 0. The van der Waals surface area contributed by atoms with E-state index < -0.39 is 0 Å². The maximum atomic E-state index is 7.62. The zero-order chi connectivity index (χ0) is 12.0. The monoisotopic (exact) mass is 261 g/mol. The minimum atomic E-state index is 0. The van der Waals surface area contributed by atoms with E-state index in [0.29, 0.717) is 5.92 Å². The lowest BCUT2D eigenvalue weighted by atomic mass is 9.96. The number of hydrogen-bond donors (Lipinski definition) is 2. The number of benzene rings is 2. The molecule has 1 unspecified atom stereocenters. The summed E-state index contributed by atoms with van der Waals surface area (Å²) >= 11 is 0. The number of nitrogens with zero attached hydrogens (tertiary/aromatic N) is 1. The predicted octanol–water partition coefficient (Wildman–Crippen LogP) is 3.08. The van der Waals surface area contributed by atoms with Gasteiger partial charge in [-0.1, -0.05) is 37.3 Å². The van der Waals surface area contributed by atoms with Gasteiger partial charge in [0.1, 0.15) is 0 Å². The third-order valence-corrected chi connectivity index (χ3v) is 3.48. The number of fused-ring (bicyclic) bond motifs is 3. The van der Waals surface area contributed by atoms with Gasteiger partial charge in [0.25, 0.3) is 0 Å². The van der Waals surface area contributed by atoms with Crippen LogP contribution in [0.4, 0.5) is 5.69 Å². The van der Waals surface area contributed by atoms with Gasteiger partial charge < -0.3 is 10.6 Å².